The lowest BCUT2D eigenvalue weighted by molar-refractivity contribution is 1.27. The fourth-order valence-corrected chi connectivity index (χ4v) is 2.65. The molecule has 2 aromatic heterocycles. The fourth-order valence-electron chi connectivity index (χ4n) is 2.43. The van der Waals surface area contributed by atoms with Gasteiger partial charge in [0.05, 0.1) is 16.7 Å². The number of anilines is 1. The van der Waals surface area contributed by atoms with E-state index in [1.54, 1.807) is 6.07 Å². The summed E-state index contributed by atoms with van der Waals surface area (Å²) in [4.78, 5) is 12.4. The van der Waals surface area contributed by atoms with Gasteiger partial charge in [-0.3, -0.25) is 0 Å². The molecule has 0 saturated carbocycles. The lowest BCUT2D eigenvalue weighted by Gasteiger charge is -1.99. The van der Waals surface area contributed by atoms with Gasteiger partial charge in [-0.25, -0.2) is 9.97 Å². The molecule has 0 aliphatic rings. The first-order chi connectivity index (χ1) is 10.2. The highest BCUT2D eigenvalue weighted by Gasteiger charge is 2.10. The largest absolute Gasteiger partial charge is 0.397 e. The first kappa shape index (κ1) is 12.2. The first-order valence-corrected chi connectivity index (χ1v) is 6.89. The monoisotopic (exact) mass is 294 g/mol. The molecule has 3 N–H and O–H groups in total. The molecule has 2 aromatic carbocycles. The van der Waals surface area contributed by atoms with E-state index in [1.807, 2.05) is 42.5 Å². The summed E-state index contributed by atoms with van der Waals surface area (Å²) in [5.41, 5.74) is 9.74. The summed E-state index contributed by atoms with van der Waals surface area (Å²) >= 11 is 6.01. The van der Waals surface area contributed by atoms with Gasteiger partial charge in [-0.2, -0.15) is 0 Å². The fraction of sp³-hybridized carbons (Fsp3) is 0. The molecule has 0 spiro atoms. The molecule has 0 atom stereocenters. The zero-order valence-electron chi connectivity index (χ0n) is 11.0. The van der Waals surface area contributed by atoms with E-state index in [-0.39, 0.29) is 0 Å². The zero-order valence-corrected chi connectivity index (χ0v) is 11.7. The van der Waals surface area contributed by atoms with Crippen LogP contribution in [0.2, 0.25) is 5.02 Å². The molecule has 4 rings (SSSR count). The van der Waals surface area contributed by atoms with Crippen molar-refractivity contribution in [1.29, 1.82) is 0 Å². The Labute approximate surface area is 125 Å². The highest BCUT2D eigenvalue weighted by molar-refractivity contribution is 6.31. The third-order valence-corrected chi connectivity index (χ3v) is 3.64. The molecule has 2 heterocycles. The number of nitrogen functional groups attached to an aromatic ring is 1. The number of hydrogen-bond donors (Lipinski definition) is 2. The molecule has 0 fully saturated rings. The predicted octanol–water partition coefficient (Wildman–Crippen LogP) is 4.01. The van der Waals surface area contributed by atoms with Crippen molar-refractivity contribution in [3.8, 4) is 11.5 Å². The number of benzene rings is 2. The predicted molar refractivity (Wildman–Crippen MR) is 86.3 cm³/mol. The topological polar surface area (TPSA) is 67.6 Å². The summed E-state index contributed by atoms with van der Waals surface area (Å²) in [6.45, 7) is 0. The van der Waals surface area contributed by atoms with Gasteiger partial charge in [-0.1, -0.05) is 35.9 Å². The molecule has 0 aliphatic heterocycles. The summed E-state index contributed by atoms with van der Waals surface area (Å²) in [5, 5.41) is 1.68. The van der Waals surface area contributed by atoms with Crippen LogP contribution in [0.15, 0.2) is 48.5 Å². The number of imidazole rings is 1. The van der Waals surface area contributed by atoms with Gasteiger partial charge in [0.25, 0.3) is 0 Å². The van der Waals surface area contributed by atoms with E-state index >= 15 is 0 Å². The Kier molecular flexibility index (Phi) is 2.59. The number of nitrogens with two attached hydrogens (primary N) is 1. The third-order valence-electron chi connectivity index (χ3n) is 3.42. The van der Waals surface area contributed by atoms with E-state index in [0.717, 1.165) is 22.1 Å². The number of aromatic amines is 1. The summed E-state index contributed by atoms with van der Waals surface area (Å²) in [7, 11) is 0. The molecular weight excluding hydrogens is 284 g/mol. The Hall–Kier alpha value is -2.59. The van der Waals surface area contributed by atoms with Crippen molar-refractivity contribution in [2.75, 3.05) is 5.73 Å². The highest BCUT2D eigenvalue weighted by Crippen LogP contribution is 2.27. The maximum absolute atomic E-state index is 6.01. The second-order valence-electron chi connectivity index (χ2n) is 4.87. The molecule has 0 radical (unpaired) electrons. The van der Waals surface area contributed by atoms with Gasteiger partial charge < -0.3 is 10.7 Å². The highest BCUT2D eigenvalue weighted by atomic mass is 35.5. The minimum atomic E-state index is 0.556. The standard InChI is InChI=1S/C16H11ClN4/c17-10-7-11(18)15-14(8-10)20-16(21-15)13-6-5-9-3-1-2-4-12(9)19-13/h1-8H,18H2,(H,20,21). The molecule has 0 bridgehead atoms. The van der Waals surface area contributed by atoms with Crippen molar-refractivity contribution >= 4 is 39.2 Å². The number of para-hydroxylation sites is 1. The lowest BCUT2D eigenvalue weighted by Crippen LogP contribution is -1.87. The molecule has 5 heteroatoms. The Morgan fingerprint density at radius 3 is 2.76 bits per heavy atom. The SMILES string of the molecule is Nc1cc(Cl)cc2[nH]c(-c3ccc4ccccc4n3)nc12. The molecule has 0 unspecified atom stereocenters. The quantitative estimate of drug-likeness (QED) is 0.521. The number of nitrogens with zero attached hydrogens (tertiary/aromatic N) is 2. The van der Waals surface area contributed by atoms with Crippen molar-refractivity contribution < 1.29 is 0 Å². The van der Waals surface area contributed by atoms with E-state index in [0.29, 0.717) is 22.1 Å². The van der Waals surface area contributed by atoms with Crippen LogP contribution in [0.5, 0.6) is 0 Å². The van der Waals surface area contributed by atoms with Gasteiger partial charge >= 0.3 is 0 Å². The Balaban J connectivity index is 1.93. The number of pyridine rings is 1. The van der Waals surface area contributed by atoms with Crippen LogP contribution in [-0.4, -0.2) is 15.0 Å². The minimum Gasteiger partial charge on any atom is -0.397 e. The van der Waals surface area contributed by atoms with Gasteiger partial charge in [0, 0.05) is 10.4 Å². The van der Waals surface area contributed by atoms with Crippen molar-refractivity contribution in [1.82, 2.24) is 15.0 Å². The second kappa shape index (κ2) is 4.46. The molecule has 21 heavy (non-hydrogen) atoms. The van der Waals surface area contributed by atoms with Crippen LogP contribution in [0, 0.1) is 0 Å². The smallest absolute Gasteiger partial charge is 0.157 e. The van der Waals surface area contributed by atoms with E-state index in [9.17, 15) is 0 Å². The summed E-state index contributed by atoms with van der Waals surface area (Å²) in [5.74, 6) is 0.685. The Morgan fingerprint density at radius 2 is 1.86 bits per heavy atom. The maximum Gasteiger partial charge on any atom is 0.157 e. The van der Waals surface area contributed by atoms with Crippen LogP contribution in [0.1, 0.15) is 0 Å². The van der Waals surface area contributed by atoms with Crippen LogP contribution in [0.4, 0.5) is 5.69 Å². The van der Waals surface area contributed by atoms with Crippen LogP contribution in [0.3, 0.4) is 0 Å². The van der Waals surface area contributed by atoms with Crippen molar-refractivity contribution in [2.24, 2.45) is 0 Å². The molecule has 0 saturated heterocycles. The minimum absolute atomic E-state index is 0.556. The molecule has 4 nitrogen and oxygen atoms in total. The van der Waals surface area contributed by atoms with Crippen molar-refractivity contribution in [3.05, 3.63) is 53.6 Å². The average molecular weight is 295 g/mol. The average Bonchev–Trinajstić information content (AvgIpc) is 2.91. The Bertz CT molecular complexity index is 975. The summed E-state index contributed by atoms with van der Waals surface area (Å²) in [6.07, 6.45) is 0. The van der Waals surface area contributed by atoms with E-state index in [4.69, 9.17) is 17.3 Å². The number of halogens is 1. The van der Waals surface area contributed by atoms with Crippen molar-refractivity contribution in [3.63, 3.8) is 0 Å². The van der Waals surface area contributed by atoms with Crippen LogP contribution >= 0.6 is 11.6 Å². The van der Waals surface area contributed by atoms with Gasteiger partial charge in [0.2, 0.25) is 0 Å². The number of H-pyrrole nitrogens is 1. The van der Waals surface area contributed by atoms with Crippen LogP contribution in [-0.2, 0) is 0 Å². The number of fused-ring (bicyclic) bond motifs is 2. The summed E-state index contributed by atoms with van der Waals surface area (Å²) < 4.78 is 0. The third kappa shape index (κ3) is 2.00. The molecule has 4 aromatic rings. The van der Waals surface area contributed by atoms with Gasteiger partial charge in [-0.15, -0.1) is 0 Å². The van der Waals surface area contributed by atoms with Crippen LogP contribution < -0.4 is 5.73 Å². The summed E-state index contributed by atoms with van der Waals surface area (Å²) in [6, 6.07) is 15.4. The van der Waals surface area contributed by atoms with E-state index in [1.165, 1.54) is 0 Å². The van der Waals surface area contributed by atoms with Crippen LogP contribution in [0.25, 0.3) is 33.5 Å². The molecule has 0 aliphatic carbocycles. The van der Waals surface area contributed by atoms with E-state index < -0.39 is 0 Å². The van der Waals surface area contributed by atoms with Crippen molar-refractivity contribution in [2.45, 2.75) is 0 Å². The number of aromatic nitrogens is 3. The van der Waals surface area contributed by atoms with Gasteiger partial charge in [0.1, 0.15) is 11.2 Å². The lowest BCUT2D eigenvalue weighted by atomic mass is 10.2. The van der Waals surface area contributed by atoms with Gasteiger partial charge in [-0.05, 0) is 24.3 Å². The number of nitrogens with one attached hydrogen (secondary N) is 1. The van der Waals surface area contributed by atoms with E-state index in [2.05, 4.69) is 15.0 Å². The maximum atomic E-state index is 6.01. The molecular formula is C16H11ClN4. The van der Waals surface area contributed by atoms with Gasteiger partial charge in [0.15, 0.2) is 5.82 Å². The second-order valence-corrected chi connectivity index (χ2v) is 5.30. The zero-order chi connectivity index (χ0) is 14.4. The number of rotatable bonds is 1. The number of hydrogen-bond acceptors (Lipinski definition) is 3. The molecule has 102 valence electrons. The first-order valence-electron chi connectivity index (χ1n) is 6.51. The Morgan fingerprint density at radius 1 is 1.00 bits per heavy atom. The molecule has 0 amide bonds. The normalized spacial score (nSPS) is 11.3.